The van der Waals surface area contributed by atoms with E-state index in [1.54, 1.807) is 19.1 Å². The molecule has 0 aromatic heterocycles. The number of rotatable bonds is 6. The summed E-state index contributed by atoms with van der Waals surface area (Å²) in [7, 11) is 0. The first-order valence-electron chi connectivity index (χ1n) is 8.30. The third-order valence-electron chi connectivity index (χ3n) is 3.89. The van der Waals surface area contributed by atoms with Crippen LogP contribution in [0.4, 0.5) is 10.5 Å². The van der Waals surface area contributed by atoms with E-state index in [-0.39, 0.29) is 6.54 Å². The number of urea groups is 1. The van der Waals surface area contributed by atoms with Gasteiger partial charge in [0.1, 0.15) is 6.54 Å². The van der Waals surface area contributed by atoms with E-state index in [9.17, 15) is 19.2 Å². The van der Waals surface area contributed by atoms with E-state index in [0.29, 0.717) is 10.6 Å². The summed E-state index contributed by atoms with van der Waals surface area (Å²) in [6, 6.07) is 16.1. The third kappa shape index (κ3) is 4.01. The Morgan fingerprint density at radius 1 is 0.926 bits per heavy atom. The van der Waals surface area contributed by atoms with Crippen LogP contribution in [-0.4, -0.2) is 46.6 Å². The number of imide groups is 2. The van der Waals surface area contributed by atoms with Crippen molar-refractivity contribution in [3.8, 4) is 0 Å². The van der Waals surface area contributed by atoms with Crippen LogP contribution >= 0.6 is 11.8 Å². The van der Waals surface area contributed by atoms with Crippen molar-refractivity contribution < 1.29 is 19.2 Å². The Balaban J connectivity index is 1.71. The van der Waals surface area contributed by atoms with Crippen molar-refractivity contribution in [2.45, 2.75) is 16.7 Å². The average Bonchev–Trinajstić information content (AvgIpc) is 2.87. The Bertz CT molecular complexity index is 901. The maximum Gasteiger partial charge on any atom is 0.334 e. The van der Waals surface area contributed by atoms with Crippen LogP contribution in [0.1, 0.15) is 6.92 Å². The number of hydrogen-bond donors (Lipinski definition) is 1. The van der Waals surface area contributed by atoms with Gasteiger partial charge < -0.3 is 5.32 Å². The lowest BCUT2D eigenvalue weighted by atomic mass is 10.3. The Kier molecular flexibility index (Phi) is 5.56. The summed E-state index contributed by atoms with van der Waals surface area (Å²) < 4.78 is 0. The molecule has 0 saturated carbocycles. The standard InChI is InChI=1S/C19H17N3O4S/c1-2-21-17(24)18(25)22(19(21)26)12-16(23)20-14-10-6-7-11-15(14)27-13-8-4-3-5-9-13/h3-11H,2,12H2,1H3,(H,20,23). The highest BCUT2D eigenvalue weighted by atomic mass is 32.2. The molecule has 1 fully saturated rings. The number of amides is 5. The van der Waals surface area contributed by atoms with Crippen LogP contribution in [0.25, 0.3) is 0 Å². The van der Waals surface area contributed by atoms with E-state index >= 15 is 0 Å². The van der Waals surface area contributed by atoms with Gasteiger partial charge in [0, 0.05) is 16.3 Å². The van der Waals surface area contributed by atoms with Gasteiger partial charge in [-0.15, -0.1) is 0 Å². The maximum absolute atomic E-state index is 12.4. The molecule has 2 aromatic carbocycles. The fourth-order valence-corrected chi connectivity index (χ4v) is 3.50. The summed E-state index contributed by atoms with van der Waals surface area (Å²) in [5, 5.41) is 2.71. The van der Waals surface area contributed by atoms with Gasteiger partial charge in [0.05, 0.1) is 5.69 Å². The van der Waals surface area contributed by atoms with Crippen molar-refractivity contribution in [3.63, 3.8) is 0 Å². The summed E-state index contributed by atoms with van der Waals surface area (Å²) in [5.41, 5.74) is 0.564. The molecule has 1 heterocycles. The molecule has 2 aromatic rings. The van der Waals surface area contributed by atoms with E-state index in [0.717, 1.165) is 14.7 Å². The predicted octanol–water partition coefficient (Wildman–Crippen LogP) is 2.59. The molecule has 0 radical (unpaired) electrons. The third-order valence-corrected chi connectivity index (χ3v) is 4.97. The number of anilines is 1. The number of carbonyl (C=O) groups is 4. The molecular weight excluding hydrogens is 366 g/mol. The van der Waals surface area contributed by atoms with Crippen LogP contribution in [0.5, 0.6) is 0 Å². The number of para-hydroxylation sites is 1. The van der Waals surface area contributed by atoms with Gasteiger partial charge in [-0.25, -0.2) is 9.69 Å². The Hall–Kier alpha value is -3.13. The minimum atomic E-state index is -0.982. The maximum atomic E-state index is 12.4. The lowest BCUT2D eigenvalue weighted by molar-refractivity contribution is -0.143. The molecule has 0 atom stereocenters. The van der Waals surface area contributed by atoms with Crippen molar-refractivity contribution in [1.82, 2.24) is 9.80 Å². The van der Waals surface area contributed by atoms with Crippen LogP contribution in [0.2, 0.25) is 0 Å². The lowest BCUT2D eigenvalue weighted by Crippen LogP contribution is -2.39. The fraction of sp³-hybridized carbons (Fsp3) is 0.158. The molecule has 1 aliphatic heterocycles. The monoisotopic (exact) mass is 383 g/mol. The zero-order valence-corrected chi connectivity index (χ0v) is 15.4. The van der Waals surface area contributed by atoms with E-state index in [4.69, 9.17) is 0 Å². The first kappa shape index (κ1) is 18.7. The number of benzene rings is 2. The minimum absolute atomic E-state index is 0.0814. The molecule has 1 aliphatic rings. The van der Waals surface area contributed by atoms with E-state index in [1.165, 1.54) is 11.8 Å². The van der Waals surface area contributed by atoms with E-state index < -0.39 is 30.3 Å². The van der Waals surface area contributed by atoms with Gasteiger partial charge in [-0.05, 0) is 31.2 Å². The summed E-state index contributed by atoms with van der Waals surface area (Å²) in [4.78, 5) is 51.4. The SMILES string of the molecule is CCN1C(=O)C(=O)N(CC(=O)Nc2ccccc2Sc2ccccc2)C1=O. The second-order valence-corrected chi connectivity index (χ2v) is 6.80. The van der Waals surface area contributed by atoms with Crippen molar-refractivity contribution in [2.24, 2.45) is 0 Å². The first-order valence-corrected chi connectivity index (χ1v) is 9.12. The number of nitrogens with one attached hydrogen (secondary N) is 1. The second-order valence-electron chi connectivity index (χ2n) is 5.68. The number of hydrogen-bond acceptors (Lipinski definition) is 5. The molecule has 5 amide bonds. The number of carbonyl (C=O) groups excluding carboxylic acids is 4. The molecule has 138 valence electrons. The average molecular weight is 383 g/mol. The van der Waals surface area contributed by atoms with Crippen molar-refractivity contribution in [2.75, 3.05) is 18.4 Å². The highest BCUT2D eigenvalue weighted by molar-refractivity contribution is 7.99. The van der Waals surface area contributed by atoms with Crippen molar-refractivity contribution >= 4 is 41.2 Å². The van der Waals surface area contributed by atoms with Crippen LogP contribution in [0.15, 0.2) is 64.4 Å². The van der Waals surface area contributed by atoms with Gasteiger partial charge in [-0.1, -0.05) is 42.1 Å². The van der Waals surface area contributed by atoms with Crippen LogP contribution in [0, 0.1) is 0 Å². The summed E-state index contributed by atoms with van der Waals surface area (Å²) in [6.45, 7) is 1.16. The zero-order chi connectivity index (χ0) is 19.4. The Labute approximate surface area is 160 Å². The minimum Gasteiger partial charge on any atom is -0.323 e. The van der Waals surface area contributed by atoms with Gasteiger partial charge in [-0.2, -0.15) is 0 Å². The van der Waals surface area contributed by atoms with Crippen LogP contribution in [0.3, 0.4) is 0 Å². The molecule has 0 aliphatic carbocycles. The molecule has 27 heavy (non-hydrogen) atoms. The normalized spacial score (nSPS) is 14.0. The topological polar surface area (TPSA) is 86.8 Å². The van der Waals surface area contributed by atoms with Gasteiger partial charge in [0.15, 0.2) is 0 Å². The predicted molar refractivity (Wildman–Crippen MR) is 100 cm³/mol. The molecule has 1 saturated heterocycles. The van der Waals surface area contributed by atoms with Gasteiger partial charge in [0.2, 0.25) is 5.91 Å². The van der Waals surface area contributed by atoms with Crippen LogP contribution < -0.4 is 5.32 Å². The van der Waals surface area contributed by atoms with E-state index in [2.05, 4.69) is 5.32 Å². The summed E-state index contributed by atoms with van der Waals surface area (Å²) in [6.07, 6.45) is 0. The fourth-order valence-electron chi connectivity index (χ4n) is 2.58. The molecule has 3 rings (SSSR count). The molecule has 7 nitrogen and oxygen atoms in total. The lowest BCUT2D eigenvalue weighted by Gasteiger charge is -2.15. The first-order chi connectivity index (χ1) is 13.0. The smallest absolute Gasteiger partial charge is 0.323 e. The summed E-state index contributed by atoms with van der Waals surface area (Å²) >= 11 is 1.48. The van der Waals surface area contributed by atoms with Crippen molar-refractivity contribution in [3.05, 3.63) is 54.6 Å². The summed E-state index contributed by atoms with van der Waals surface area (Å²) in [5.74, 6) is -2.44. The largest absolute Gasteiger partial charge is 0.334 e. The molecule has 0 bridgehead atoms. The quantitative estimate of drug-likeness (QED) is 0.612. The molecular formula is C19H17N3O4S. The second kappa shape index (κ2) is 8.05. The highest BCUT2D eigenvalue weighted by Gasteiger charge is 2.44. The number of nitrogens with zero attached hydrogens (tertiary/aromatic N) is 2. The van der Waals surface area contributed by atoms with Crippen molar-refractivity contribution in [1.29, 1.82) is 0 Å². The number of likely N-dealkylation sites (N-methyl/N-ethyl adjacent to an activating group) is 1. The molecule has 0 spiro atoms. The van der Waals surface area contributed by atoms with E-state index in [1.807, 2.05) is 42.5 Å². The Morgan fingerprint density at radius 3 is 2.22 bits per heavy atom. The van der Waals surface area contributed by atoms with Gasteiger partial charge in [0.25, 0.3) is 0 Å². The van der Waals surface area contributed by atoms with Crippen LogP contribution in [-0.2, 0) is 14.4 Å². The Morgan fingerprint density at radius 2 is 1.56 bits per heavy atom. The molecule has 8 heteroatoms. The highest BCUT2D eigenvalue weighted by Crippen LogP contribution is 2.33. The van der Waals surface area contributed by atoms with Gasteiger partial charge >= 0.3 is 17.8 Å². The molecule has 0 unspecified atom stereocenters. The zero-order valence-electron chi connectivity index (χ0n) is 14.5. The molecule has 1 N–H and O–H groups in total. The van der Waals surface area contributed by atoms with Gasteiger partial charge in [-0.3, -0.25) is 19.3 Å².